The second-order valence-electron chi connectivity index (χ2n) is 4.27. The van der Waals surface area contributed by atoms with Crippen molar-refractivity contribution in [2.45, 2.75) is 30.8 Å². The van der Waals surface area contributed by atoms with Crippen molar-refractivity contribution >= 4 is 46.7 Å². The van der Waals surface area contributed by atoms with Gasteiger partial charge in [-0.1, -0.05) is 37.0 Å². The van der Waals surface area contributed by atoms with Crippen molar-refractivity contribution in [2.75, 3.05) is 0 Å². The Bertz CT molecular complexity index is 489. The van der Waals surface area contributed by atoms with Crippen molar-refractivity contribution in [3.8, 4) is 0 Å². The lowest BCUT2D eigenvalue weighted by Gasteiger charge is -2.13. The van der Waals surface area contributed by atoms with Crippen LogP contribution in [0, 0.1) is 0 Å². The molecule has 0 aliphatic rings. The van der Waals surface area contributed by atoms with Crippen LogP contribution < -0.4 is 0 Å². The molecule has 1 aromatic carbocycles. The van der Waals surface area contributed by atoms with E-state index in [0.717, 1.165) is 0 Å². The van der Waals surface area contributed by atoms with E-state index in [9.17, 15) is 9.59 Å². The third kappa shape index (κ3) is 5.05. The van der Waals surface area contributed by atoms with Crippen molar-refractivity contribution in [3.05, 3.63) is 33.8 Å². The van der Waals surface area contributed by atoms with Crippen LogP contribution in [0.4, 0.5) is 0 Å². The van der Waals surface area contributed by atoms with Gasteiger partial charge in [0.25, 0.3) is 0 Å². The number of halogens is 2. The number of benzene rings is 1. The summed E-state index contributed by atoms with van der Waals surface area (Å²) in [6, 6.07) is 4.54. The van der Waals surface area contributed by atoms with Crippen molar-refractivity contribution < 1.29 is 14.7 Å². The molecular weight excluding hydrogens is 307 g/mol. The Balaban J connectivity index is 2.81. The van der Waals surface area contributed by atoms with E-state index in [0.29, 0.717) is 10.6 Å². The van der Waals surface area contributed by atoms with Gasteiger partial charge in [0, 0.05) is 12.0 Å². The van der Waals surface area contributed by atoms with Gasteiger partial charge in [-0.25, -0.2) is 0 Å². The van der Waals surface area contributed by atoms with Crippen LogP contribution in [0.5, 0.6) is 0 Å². The Morgan fingerprint density at radius 2 is 1.89 bits per heavy atom. The predicted molar refractivity (Wildman–Crippen MR) is 79.6 cm³/mol. The van der Waals surface area contributed by atoms with Gasteiger partial charge in [0.2, 0.25) is 0 Å². The summed E-state index contributed by atoms with van der Waals surface area (Å²) in [6.45, 7) is 3.79. The SMILES string of the molecule is CC(C)SC(CC(=O)c1ccc(Cl)c(Cl)c1)C(=O)O. The topological polar surface area (TPSA) is 54.4 Å². The van der Waals surface area contributed by atoms with Crippen LogP contribution >= 0.6 is 35.0 Å². The summed E-state index contributed by atoms with van der Waals surface area (Å²) in [4.78, 5) is 23.1. The zero-order chi connectivity index (χ0) is 14.6. The fourth-order valence-electron chi connectivity index (χ4n) is 1.48. The second kappa shape index (κ2) is 7.17. The quantitative estimate of drug-likeness (QED) is 0.799. The number of rotatable bonds is 6. The Hall–Kier alpha value is -0.710. The molecule has 0 saturated heterocycles. The van der Waals surface area contributed by atoms with Crippen molar-refractivity contribution in [1.82, 2.24) is 0 Å². The number of ketones is 1. The van der Waals surface area contributed by atoms with Gasteiger partial charge >= 0.3 is 5.97 Å². The third-order valence-corrected chi connectivity index (χ3v) is 4.30. The van der Waals surface area contributed by atoms with E-state index >= 15 is 0 Å². The number of carboxylic acid groups (broad SMARTS) is 1. The lowest BCUT2D eigenvalue weighted by atomic mass is 10.1. The zero-order valence-electron chi connectivity index (χ0n) is 10.5. The van der Waals surface area contributed by atoms with Gasteiger partial charge in [-0.05, 0) is 23.4 Å². The molecule has 0 heterocycles. The highest BCUT2D eigenvalue weighted by Gasteiger charge is 2.23. The van der Waals surface area contributed by atoms with E-state index < -0.39 is 11.2 Å². The fraction of sp³-hybridized carbons (Fsp3) is 0.385. The van der Waals surface area contributed by atoms with E-state index in [-0.39, 0.29) is 22.5 Å². The van der Waals surface area contributed by atoms with E-state index in [1.165, 1.54) is 23.9 Å². The average molecular weight is 321 g/mol. The van der Waals surface area contributed by atoms with Crippen LogP contribution in [-0.4, -0.2) is 27.4 Å². The molecule has 0 aliphatic carbocycles. The molecule has 19 heavy (non-hydrogen) atoms. The van der Waals surface area contributed by atoms with Crippen LogP contribution in [0.3, 0.4) is 0 Å². The molecule has 1 N–H and O–H groups in total. The van der Waals surface area contributed by atoms with Crippen LogP contribution in [-0.2, 0) is 4.79 Å². The molecule has 1 atom stereocenters. The number of thioether (sulfide) groups is 1. The van der Waals surface area contributed by atoms with Crippen LogP contribution in [0.1, 0.15) is 30.6 Å². The Labute approximate surface area is 126 Å². The highest BCUT2D eigenvalue weighted by atomic mass is 35.5. The van der Waals surface area contributed by atoms with Gasteiger partial charge in [0.05, 0.1) is 10.0 Å². The van der Waals surface area contributed by atoms with E-state index in [1.54, 1.807) is 6.07 Å². The van der Waals surface area contributed by atoms with Crippen molar-refractivity contribution in [3.63, 3.8) is 0 Å². The first-order valence-electron chi connectivity index (χ1n) is 5.67. The minimum Gasteiger partial charge on any atom is -0.480 e. The normalized spacial score (nSPS) is 12.5. The first kappa shape index (κ1) is 16.3. The molecule has 0 bridgehead atoms. The van der Waals surface area contributed by atoms with Crippen LogP contribution in [0.2, 0.25) is 10.0 Å². The minimum atomic E-state index is -0.980. The number of carboxylic acids is 1. The van der Waals surface area contributed by atoms with Gasteiger partial charge in [0.15, 0.2) is 5.78 Å². The number of hydrogen-bond donors (Lipinski definition) is 1. The van der Waals surface area contributed by atoms with Gasteiger partial charge in [-0.2, -0.15) is 0 Å². The summed E-state index contributed by atoms with van der Waals surface area (Å²) in [6.07, 6.45) is -0.0594. The highest BCUT2D eigenvalue weighted by Crippen LogP contribution is 2.26. The maximum atomic E-state index is 12.0. The highest BCUT2D eigenvalue weighted by molar-refractivity contribution is 8.01. The summed E-state index contributed by atoms with van der Waals surface area (Å²) in [5, 5.41) is 9.14. The van der Waals surface area contributed by atoms with E-state index in [2.05, 4.69) is 0 Å². The average Bonchev–Trinajstić information content (AvgIpc) is 2.31. The van der Waals surface area contributed by atoms with E-state index in [4.69, 9.17) is 28.3 Å². The maximum absolute atomic E-state index is 12.0. The summed E-state index contributed by atoms with van der Waals surface area (Å²) < 4.78 is 0. The number of aliphatic carboxylic acids is 1. The molecular formula is C13H14Cl2O3S. The lowest BCUT2D eigenvalue weighted by molar-refractivity contribution is -0.136. The van der Waals surface area contributed by atoms with Gasteiger partial charge in [-0.15, -0.1) is 11.8 Å². The maximum Gasteiger partial charge on any atom is 0.317 e. The summed E-state index contributed by atoms with van der Waals surface area (Å²) in [7, 11) is 0. The molecule has 0 fully saturated rings. The molecule has 1 rings (SSSR count). The van der Waals surface area contributed by atoms with Crippen molar-refractivity contribution in [1.29, 1.82) is 0 Å². The Morgan fingerprint density at radius 1 is 1.26 bits per heavy atom. The standard InChI is InChI=1S/C13H14Cl2O3S/c1-7(2)19-12(13(17)18)6-11(16)8-3-4-9(14)10(15)5-8/h3-5,7,12H,6H2,1-2H3,(H,17,18). The molecule has 0 saturated carbocycles. The molecule has 0 amide bonds. The van der Waals surface area contributed by atoms with Gasteiger partial charge in [-0.3, -0.25) is 9.59 Å². The number of carbonyl (C=O) groups is 2. The second-order valence-corrected chi connectivity index (χ2v) is 6.87. The molecule has 0 aromatic heterocycles. The largest absolute Gasteiger partial charge is 0.480 e. The molecule has 6 heteroatoms. The fourth-order valence-corrected chi connectivity index (χ4v) is 2.80. The molecule has 0 aliphatic heterocycles. The van der Waals surface area contributed by atoms with Gasteiger partial charge < -0.3 is 5.11 Å². The van der Waals surface area contributed by atoms with Gasteiger partial charge in [0.1, 0.15) is 5.25 Å². The van der Waals surface area contributed by atoms with Crippen molar-refractivity contribution in [2.24, 2.45) is 0 Å². The number of hydrogen-bond acceptors (Lipinski definition) is 3. The molecule has 0 spiro atoms. The summed E-state index contributed by atoms with van der Waals surface area (Å²) in [5.74, 6) is -1.23. The monoisotopic (exact) mass is 320 g/mol. The smallest absolute Gasteiger partial charge is 0.317 e. The lowest BCUT2D eigenvalue weighted by Crippen LogP contribution is -2.22. The first-order valence-corrected chi connectivity index (χ1v) is 7.37. The first-order chi connectivity index (χ1) is 8.81. The minimum absolute atomic E-state index is 0.0594. The molecule has 0 radical (unpaired) electrons. The molecule has 1 unspecified atom stereocenters. The van der Waals surface area contributed by atoms with Crippen LogP contribution in [0.15, 0.2) is 18.2 Å². The predicted octanol–water partition coefficient (Wildman–Crippen LogP) is 4.16. The Kier molecular flexibility index (Phi) is 6.17. The Morgan fingerprint density at radius 3 is 2.37 bits per heavy atom. The zero-order valence-corrected chi connectivity index (χ0v) is 12.9. The molecule has 3 nitrogen and oxygen atoms in total. The summed E-state index contributed by atoms with van der Waals surface area (Å²) in [5.41, 5.74) is 0.380. The van der Waals surface area contributed by atoms with E-state index in [1.807, 2.05) is 13.8 Å². The third-order valence-electron chi connectivity index (χ3n) is 2.32. The van der Waals surface area contributed by atoms with Crippen LogP contribution in [0.25, 0.3) is 0 Å². The molecule has 1 aromatic rings. The molecule has 104 valence electrons. The number of carbonyl (C=O) groups excluding carboxylic acids is 1. The number of Topliss-reactive ketones (excluding diaryl/α,β-unsaturated/α-hetero) is 1. The summed E-state index contributed by atoms with van der Waals surface area (Å²) >= 11 is 12.9.